The van der Waals surface area contributed by atoms with Gasteiger partial charge in [0.15, 0.2) is 0 Å². The molecule has 0 bridgehead atoms. The largest absolute Gasteiger partial charge is 0.396 e. The highest BCUT2D eigenvalue weighted by atomic mass is 79.9. The van der Waals surface area contributed by atoms with Crippen LogP contribution in [-0.4, -0.2) is 34.7 Å². The van der Waals surface area contributed by atoms with Crippen LogP contribution in [0.4, 0.5) is 11.4 Å². The number of nitro groups is 1. The molecular weight excluding hydrogens is 302 g/mol. The van der Waals surface area contributed by atoms with Gasteiger partial charge in [0.25, 0.3) is 0 Å². The fraction of sp³-hybridized carbons (Fsp3) is 0.545. The van der Waals surface area contributed by atoms with Crippen LogP contribution in [0.25, 0.3) is 0 Å². The summed E-state index contributed by atoms with van der Waals surface area (Å²) in [6.07, 6.45) is 4.54. The number of aliphatic hydroxyl groups is 1. The lowest BCUT2D eigenvalue weighted by Gasteiger charge is -2.19. The molecule has 0 aromatic carbocycles. The molecule has 1 fully saturated rings. The third-order valence-corrected chi connectivity index (χ3v) is 3.77. The molecule has 2 heterocycles. The average molecular weight is 316 g/mol. The minimum atomic E-state index is -0.410. The first kappa shape index (κ1) is 13.2. The molecule has 0 radical (unpaired) electrons. The number of rotatable bonds is 4. The predicted octanol–water partition coefficient (Wildman–Crippen LogP) is 1.96. The van der Waals surface area contributed by atoms with Crippen LogP contribution in [0.5, 0.6) is 0 Å². The van der Waals surface area contributed by atoms with Crippen molar-refractivity contribution in [1.82, 2.24) is 4.98 Å². The van der Waals surface area contributed by atoms with E-state index in [4.69, 9.17) is 5.11 Å². The van der Waals surface area contributed by atoms with E-state index in [0.717, 1.165) is 25.9 Å². The smallest absolute Gasteiger partial charge is 0.311 e. The normalized spacial score (nSPS) is 19.2. The van der Waals surface area contributed by atoms with E-state index in [9.17, 15) is 10.1 Å². The third-order valence-electron chi connectivity index (χ3n) is 3.19. The van der Waals surface area contributed by atoms with Gasteiger partial charge in [-0.05, 0) is 34.7 Å². The second-order valence-corrected chi connectivity index (χ2v) is 5.21. The molecule has 2 rings (SSSR count). The van der Waals surface area contributed by atoms with Gasteiger partial charge in [-0.15, -0.1) is 0 Å². The van der Waals surface area contributed by atoms with Crippen molar-refractivity contribution in [2.24, 2.45) is 5.92 Å². The monoisotopic (exact) mass is 315 g/mol. The first-order chi connectivity index (χ1) is 8.63. The van der Waals surface area contributed by atoms with Crippen LogP contribution in [0, 0.1) is 16.0 Å². The fourth-order valence-corrected chi connectivity index (χ4v) is 2.89. The highest BCUT2D eigenvalue weighted by Crippen LogP contribution is 2.37. The first-order valence-corrected chi connectivity index (χ1v) is 6.56. The number of halogens is 1. The van der Waals surface area contributed by atoms with Crippen LogP contribution >= 0.6 is 15.9 Å². The summed E-state index contributed by atoms with van der Waals surface area (Å²) in [6, 6.07) is 0. The van der Waals surface area contributed by atoms with Gasteiger partial charge in [0.2, 0.25) is 0 Å². The van der Waals surface area contributed by atoms with Crippen molar-refractivity contribution in [3.63, 3.8) is 0 Å². The second-order valence-electron chi connectivity index (χ2n) is 4.36. The molecule has 1 atom stereocenters. The summed E-state index contributed by atoms with van der Waals surface area (Å²) in [5, 5.41) is 20.0. The lowest BCUT2D eigenvalue weighted by Crippen LogP contribution is -2.21. The van der Waals surface area contributed by atoms with Gasteiger partial charge in [-0.3, -0.25) is 15.1 Å². The number of aliphatic hydroxyl groups excluding tert-OH is 1. The molecule has 7 heteroatoms. The molecule has 1 unspecified atom stereocenters. The Kier molecular flexibility index (Phi) is 4.13. The third kappa shape index (κ3) is 2.62. The Morgan fingerprint density at radius 2 is 2.39 bits per heavy atom. The molecule has 0 aliphatic carbocycles. The van der Waals surface area contributed by atoms with Crippen molar-refractivity contribution >= 4 is 27.3 Å². The summed E-state index contributed by atoms with van der Waals surface area (Å²) < 4.78 is 0.640. The van der Waals surface area contributed by atoms with Gasteiger partial charge >= 0.3 is 5.69 Å². The van der Waals surface area contributed by atoms with Gasteiger partial charge in [-0.2, -0.15) is 0 Å². The molecule has 18 heavy (non-hydrogen) atoms. The molecule has 0 amide bonds. The van der Waals surface area contributed by atoms with Crippen LogP contribution in [-0.2, 0) is 0 Å². The van der Waals surface area contributed by atoms with Crippen LogP contribution in [0.15, 0.2) is 16.9 Å². The van der Waals surface area contributed by atoms with Crippen molar-refractivity contribution in [1.29, 1.82) is 0 Å². The highest BCUT2D eigenvalue weighted by molar-refractivity contribution is 9.10. The van der Waals surface area contributed by atoms with Crippen LogP contribution in [0.3, 0.4) is 0 Å². The minimum Gasteiger partial charge on any atom is -0.396 e. The van der Waals surface area contributed by atoms with Gasteiger partial charge in [0.1, 0.15) is 11.9 Å². The van der Waals surface area contributed by atoms with Crippen molar-refractivity contribution in [3.8, 4) is 0 Å². The molecule has 6 nitrogen and oxygen atoms in total. The summed E-state index contributed by atoms with van der Waals surface area (Å²) in [4.78, 5) is 16.4. The fourth-order valence-electron chi connectivity index (χ4n) is 2.32. The molecule has 0 saturated carbocycles. The number of anilines is 1. The van der Waals surface area contributed by atoms with Gasteiger partial charge < -0.3 is 10.0 Å². The van der Waals surface area contributed by atoms with E-state index in [1.54, 1.807) is 6.20 Å². The standard InChI is InChI=1S/C11H14BrN3O3/c12-9-5-13-6-10(15(17)18)11(9)14-3-1-8(7-14)2-4-16/h5-6,8,16H,1-4,7H2. The SMILES string of the molecule is O=[N+]([O-])c1cncc(Br)c1N1CCC(CCO)C1. The minimum absolute atomic E-state index is 0.0222. The summed E-state index contributed by atoms with van der Waals surface area (Å²) >= 11 is 3.33. The Morgan fingerprint density at radius 3 is 3.06 bits per heavy atom. The van der Waals surface area contributed by atoms with Gasteiger partial charge in [0, 0.05) is 25.9 Å². The van der Waals surface area contributed by atoms with Crippen molar-refractivity contribution in [2.75, 3.05) is 24.6 Å². The van der Waals surface area contributed by atoms with E-state index in [1.807, 2.05) is 4.90 Å². The molecule has 1 aliphatic rings. The van der Waals surface area contributed by atoms with E-state index < -0.39 is 4.92 Å². The zero-order valence-corrected chi connectivity index (χ0v) is 11.3. The average Bonchev–Trinajstić information content (AvgIpc) is 2.77. The Hall–Kier alpha value is -1.21. The Morgan fingerprint density at radius 1 is 1.61 bits per heavy atom. The summed E-state index contributed by atoms with van der Waals surface area (Å²) in [6.45, 7) is 1.68. The zero-order chi connectivity index (χ0) is 13.1. The topological polar surface area (TPSA) is 79.5 Å². The van der Waals surface area contributed by atoms with Crippen LogP contribution in [0.1, 0.15) is 12.8 Å². The van der Waals surface area contributed by atoms with Crippen molar-refractivity contribution in [2.45, 2.75) is 12.8 Å². The molecule has 1 saturated heterocycles. The molecule has 98 valence electrons. The zero-order valence-electron chi connectivity index (χ0n) is 9.75. The summed E-state index contributed by atoms with van der Waals surface area (Å²) in [5.41, 5.74) is 0.615. The molecule has 0 spiro atoms. The van der Waals surface area contributed by atoms with Gasteiger partial charge in [0.05, 0.1) is 9.40 Å². The maximum atomic E-state index is 11.0. The highest BCUT2D eigenvalue weighted by Gasteiger charge is 2.29. The lowest BCUT2D eigenvalue weighted by molar-refractivity contribution is -0.384. The molecule has 1 aliphatic heterocycles. The van der Waals surface area contributed by atoms with Crippen molar-refractivity contribution < 1.29 is 10.0 Å². The Labute approximate surface area is 113 Å². The number of hydrogen-bond donors (Lipinski definition) is 1. The molecule has 1 aromatic rings. The van der Waals surface area contributed by atoms with E-state index in [0.29, 0.717) is 16.1 Å². The molecule has 1 N–H and O–H groups in total. The second kappa shape index (κ2) is 5.62. The number of aromatic nitrogens is 1. The van der Waals surface area contributed by atoms with Crippen molar-refractivity contribution in [3.05, 3.63) is 27.0 Å². The predicted molar refractivity (Wildman–Crippen MR) is 70.6 cm³/mol. The number of nitrogens with zero attached hydrogens (tertiary/aromatic N) is 3. The Balaban J connectivity index is 2.26. The van der Waals surface area contributed by atoms with Crippen LogP contribution < -0.4 is 4.90 Å². The van der Waals surface area contributed by atoms with E-state index in [2.05, 4.69) is 20.9 Å². The van der Waals surface area contributed by atoms with Crippen LogP contribution in [0.2, 0.25) is 0 Å². The quantitative estimate of drug-likeness (QED) is 0.678. The molecular formula is C11H14BrN3O3. The van der Waals surface area contributed by atoms with E-state index in [-0.39, 0.29) is 12.3 Å². The summed E-state index contributed by atoms with van der Waals surface area (Å²) in [5.74, 6) is 0.398. The first-order valence-electron chi connectivity index (χ1n) is 5.77. The number of hydrogen-bond acceptors (Lipinski definition) is 5. The maximum absolute atomic E-state index is 11.0. The van der Waals surface area contributed by atoms with E-state index >= 15 is 0 Å². The Bertz CT molecular complexity index is 455. The maximum Gasteiger partial charge on any atom is 0.311 e. The van der Waals surface area contributed by atoms with Gasteiger partial charge in [-0.1, -0.05) is 0 Å². The lowest BCUT2D eigenvalue weighted by atomic mass is 10.1. The number of pyridine rings is 1. The van der Waals surface area contributed by atoms with Gasteiger partial charge in [-0.25, -0.2) is 0 Å². The van der Waals surface area contributed by atoms with E-state index in [1.165, 1.54) is 6.20 Å². The molecule has 1 aromatic heterocycles. The summed E-state index contributed by atoms with van der Waals surface area (Å²) in [7, 11) is 0.